The molecule has 6 heteroatoms. The molecule has 0 amide bonds. The molecule has 90 valence electrons. The van der Waals surface area contributed by atoms with Gasteiger partial charge in [-0.3, -0.25) is 0 Å². The smallest absolute Gasteiger partial charge is 0.258 e. The predicted octanol–water partition coefficient (Wildman–Crippen LogP) is 3.90. The molecule has 0 spiro atoms. The summed E-state index contributed by atoms with van der Waals surface area (Å²) in [4.78, 5) is 0. The van der Waals surface area contributed by atoms with Crippen LogP contribution < -0.4 is 9.47 Å². The highest BCUT2D eigenvalue weighted by atomic mass is 35.5. The minimum Gasteiger partial charge on any atom is -0.495 e. The Kier molecular flexibility index (Phi) is 4.62. The Balaban J connectivity index is 3.25. The molecule has 0 aliphatic carbocycles. The van der Waals surface area contributed by atoms with Gasteiger partial charge in [0.1, 0.15) is 21.9 Å². The van der Waals surface area contributed by atoms with E-state index >= 15 is 0 Å². The van der Waals surface area contributed by atoms with Gasteiger partial charge in [0, 0.05) is 5.56 Å². The van der Waals surface area contributed by atoms with Crippen LogP contribution in [0, 0.1) is 0 Å². The van der Waals surface area contributed by atoms with Crippen LogP contribution in [0.15, 0.2) is 12.1 Å². The number of methoxy groups -OCH3 is 2. The molecule has 0 aliphatic rings. The Morgan fingerprint density at radius 1 is 1.19 bits per heavy atom. The molecule has 0 N–H and O–H groups in total. The first kappa shape index (κ1) is 13.3. The quantitative estimate of drug-likeness (QED) is 0.773. The Bertz CT molecular complexity index is 372. The van der Waals surface area contributed by atoms with Crippen LogP contribution in [0.3, 0.4) is 0 Å². The average molecular weight is 271 g/mol. The van der Waals surface area contributed by atoms with Crippen LogP contribution in [0.5, 0.6) is 11.5 Å². The summed E-state index contributed by atoms with van der Waals surface area (Å²) >= 11 is 11.5. The zero-order chi connectivity index (χ0) is 12.3. The van der Waals surface area contributed by atoms with E-state index in [0.29, 0.717) is 5.75 Å². The fraction of sp³-hybridized carbons (Fsp3) is 0.400. The molecule has 0 saturated heterocycles. The van der Waals surface area contributed by atoms with Gasteiger partial charge < -0.3 is 9.47 Å². The monoisotopic (exact) mass is 270 g/mol. The van der Waals surface area contributed by atoms with Gasteiger partial charge in [0.15, 0.2) is 0 Å². The van der Waals surface area contributed by atoms with Crippen LogP contribution in [0.25, 0.3) is 0 Å². The van der Waals surface area contributed by atoms with Crippen molar-refractivity contribution in [2.45, 2.75) is 11.8 Å². The van der Waals surface area contributed by atoms with Crippen LogP contribution in [0.1, 0.15) is 10.9 Å². The molecule has 1 atom stereocenters. The first-order valence-corrected chi connectivity index (χ1v) is 5.17. The summed E-state index contributed by atoms with van der Waals surface area (Å²) in [6.07, 6.45) is -2.69. The molecular formula is C10H10Cl2F2O2. The van der Waals surface area contributed by atoms with Gasteiger partial charge in [-0.15, -0.1) is 11.6 Å². The molecule has 1 unspecified atom stereocenters. The Labute approximate surface area is 102 Å². The second-order valence-electron chi connectivity index (χ2n) is 2.94. The number of rotatable bonds is 4. The maximum absolute atomic E-state index is 12.5. The summed E-state index contributed by atoms with van der Waals surface area (Å²) in [5.41, 5.74) is 0.143. The van der Waals surface area contributed by atoms with Crippen LogP contribution in [-0.2, 0) is 0 Å². The SMILES string of the molecule is COc1ccc(C(Cl)C(F)F)c(OC)c1Cl. The Hall–Kier alpha value is -0.740. The lowest BCUT2D eigenvalue weighted by atomic mass is 10.1. The molecule has 0 saturated carbocycles. The molecule has 2 nitrogen and oxygen atoms in total. The summed E-state index contributed by atoms with van der Waals surface area (Å²) in [6.45, 7) is 0. The van der Waals surface area contributed by atoms with Gasteiger partial charge in [0.25, 0.3) is 6.43 Å². The molecule has 0 bridgehead atoms. The van der Waals surface area contributed by atoms with E-state index in [-0.39, 0.29) is 16.3 Å². The second-order valence-corrected chi connectivity index (χ2v) is 3.79. The maximum atomic E-state index is 12.5. The molecule has 1 rings (SSSR count). The Morgan fingerprint density at radius 2 is 1.81 bits per heavy atom. The van der Waals surface area contributed by atoms with Crippen LogP contribution in [0.2, 0.25) is 5.02 Å². The first-order valence-electron chi connectivity index (χ1n) is 4.35. The van der Waals surface area contributed by atoms with Crippen molar-refractivity contribution in [3.63, 3.8) is 0 Å². The van der Waals surface area contributed by atoms with Crippen LogP contribution in [-0.4, -0.2) is 20.6 Å². The highest BCUT2D eigenvalue weighted by Gasteiger charge is 2.25. The van der Waals surface area contributed by atoms with E-state index in [9.17, 15) is 8.78 Å². The molecule has 16 heavy (non-hydrogen) atoms. The topological polar surface area (TPSA) is 18.5 Å². The zero-order valence-electron chi connectivity index (χ0n) is 8.64. The number of hydrogen-bond donors (Lipinski definition) is 0. The fourth-order valence-corrected chi connectivity index (χ4v) is 1.77. The van der Waals surface area contributed by atoms with Crippen molar-refractivity contribution in [1.82, 2.24) is 0 Å². The molecule has 0 fully saturated rings. The molecule has 0 aromatic heterocycles. The third kappa shape index (κ3) is 2.50. The molecule has 0 aliphatic heterocycles. The van der Waals surface area contributed by atoms with Gasteiger partial charge in [0.2, 0.25) is 0 Å². The molecular weight excluding hydrogens is 261 g/mol. The highest BCUT2D eigenvalue weighted by molar-refractivity contribution is 6.34. The number of benzene rings is 1. The summed E-state index contributed by atoms with van der Waals surface area (Å²) in [6, 6.07) is 2.88. The highest BCUT2D eigenvalue weighted by Crippen LogP contribution is 2.42. The van der Waals surface area contributed by atoms with E-state index in [0.717, 1.165) is 0 Å². The average Bonchev–Trinajstić information content (AvgIpc) is 2.27. The largest absolute Gasteiger partial charge is 0.495 e. The van der Waals surface area contributed by atoms with Gasteiger partial charge in [-0.2, -0.15) is 0 Å². The first-order chi connectivity index (χ1) is 7.52. The number of ether oxygens (including phenoxy) is 2. The van der Waals surface area contributed by atoms with Crippen molar-refractivity contribution in [2.75, 3.05) is 14.2 Å². The zero-order valence-corrected chi connectivity index (χ0v) is 10.1. The number of hydrogen-bond acceptors (Lipinski definition) is 2. The standard InChI is InChI=1S/C10H10Cl2F2O2/c1-15-6-4-3-5(7(11)10(13)14)9(16-2)8(6)12/h3-4,7,10H,1-2H3. The summed E-state index contributed by atoms with van der Waals surface area (Å²) in [5.74, 6) is 0.460. The van der Waals surface area contributed by atoms with Crippen molar-refractivity contribution >= 4 is 23.2 Å². The maximum Gasteiger partial charge on any atom is 0.258 e. The molecule has 0 heterocycles. The lowest BCUT2D eigenvalue weighted by Gasteiger charge is -2.16. The lowest BCUT2D eigenvalue weighted by Crippen LogP contribution is -2.05. The van der Waals surface area contributed by atoms with E-state index < -0.39 is 11.8 Å². The predicted molar refractivity (Wildman–Crippen MR) is 59.2 cm³/mol. The summed E-state index contributed by atoms with van der Waals surface area (Å²) in [5, 5.41) is -1.33. The van der Waals surface area contributed by atoms with E-state index in [1.165, 1.54) is 26.4 Å². The molecule has 1 aromatic carbocycles. The van der Waals surface area contributed by atoms with Crippen LogP contribution in [0.4, 0.5) is 8.78 Å². The van der Waals surface area contributed by atoms with Gasteiger partial charge >= 0.3 is 0 Å². The minimum absolute atomic E-state index is 0.112. The van der Waals surface area contributed by atoms with Crippen molar-refractivity contribution in [3.8, 4) is 11.5 Å². The summed E-state index contributed by atoms with van der Waals surface area (Å²) < 4.78 is 34.9. The summed E-state index contributed by atoms with van der Waals surface area (Å²) in [7, 11) is 2.75. The molecule has 0 radical (unpaired) electrons. The number of halogens is 4. The van der Waals surface area contributed by atoms with Crippen molar-refractivity contribution in [3.05, 3.63) is 22.7 Å². The second kappa shape index (κ2) is 5.55. The van der Waals surface area contributed by atoms with Crippen molar-refractivity contribution < 1.29 is 18.3 Å². The number of alkyl halides is 3. The van der Waals surface area contributed by atoms with E-state index in [1.54, 1.807) is 0 Å². The van der Waals surface area contributed by atoms with Gasteiger partial charge in [-0.05, 0) is 12.1 Å². The van der Waals surface area contributed by atoms with E-state index in [1.807, 2.05) is 0 Å². The van der Waals surface area contributed by atoms with E-state index in [4.69, 9.17) is 32.7 Å². The van der Waals surface area contributed by atoms with E-state index in [2.05, 4.69) is 0 Å². The fourth-order valence-electron chi connectivity index (χ4n) is 1.27. The van der Waals surface area contributed by atoms with Gasteiger partial charge in [-0.25, -0.2) is 8.78 Å². The Morgan fingerprint density at radius 3 is 2.25 bits per heavy atom. The van der Waals surface area contributed by atoms with Crippen LogP contribution >= 0.6 is 23.2 Å². The van der Waals surface area contributed by atoms with Gasteiger partial charge in [-0.1, -0.05) is 11.6 Å². The van der Waals surface area contributed by atoms with Crippen molar-refractivity contribution in [2.24, 2.45) is 0 Å². The third-order valence-electron chi connectivity index (χ3n) is 2.03. The third-order valence-corrected chi connectivity index (χ3v) is 2.82. The van der Waals surface area contributed by atoms with Gasteiger partial charge in [0.05, 0.1) is 14.2 Å². The van der Waals surface area contributed by atoms with Crippen molar-refractivity contribution in [1.29, 1.82) is 0 Å². The minimum atomic E-state index is -2.69. The molecule has 1 aromatic rings. The lowest BCUT2D eigenvalue weighted by molar-refractivity contribution is 0.141. The normalized spacial score (nSPS) is 12.7.